The molecule has 1 fully saturated rings. The van der Waals surface area contributed by atoms with E-state index < -0.39 is 0 Å². The van der Waals surface area contributed by atoms with E-state index >= 15 is 0 Å². The summed E-state index contributed by atoms with van der Waals surface area (Å²) in [7, 11) is 0. The Balaban J connectivity index is 1.69. The largest absolute Gasteiger partial charge is 0.384 e. The third-order valence-corrected chi connectivity index (χ3v) is 5.01. The van der Waals surface area contributed by atoms with Crippen LogP contribution in [0.3, 0.4) is 0 Å². The van der Waals surface area contributed by atoms with Crippen molar-refractivity contribution in [1.29, 1.82) is 5.26 Å². The molecule has 1 aromatic heterocycles. The SMILES string of the molecule is N#CN1CCCC1C(=O)N1CCc2c(-c3cccc(N)n3)cccc21. The molecule has 6 heteroatoms. The highest BCUT2D eigenvalue weighted by Crippen LogP contribution is 2.36. The summed E-state index contributed by atoms with van der Waals surface area (Å²) in [6.07, 6.45) is 4.56. The van der Waals surface area contributed by atoms with Crippen LogP contribution < -0.4 is 10.6 Å². The summed E-state index contributed by atoms with van der Waals surface area (Å²) in [6.45, 7) is 1.31. The van der Waals surface area contributed by atoms with E-state index in [9.17, 15) is 10.1 Å². The molecule has 4 rings (SSSR count). The van der Waals surface area contributed by atoms with Gasteiger partial charge in [0.1, 0.15) is 11.9 Å². The standard InChI is InChI=1S/C19H19N5O/c20-12-23-10-3-7-17(23)19(25)24-11-9-14-13(4-1-6-16(14)24)15-5-2-8-18(21)22-15/h1-2,4-6,8,17H,3,7,9-11H2,(H2,21,22). The van der Waals surface area contributed by atoms with Crippen LogP contribution >= 0.6 is 0 Å². The number of rotatable bonds is 2. The van der Waals surface area contributed by atoms with Gasteiger partial charge in [-0.25, -0.2) is 4.98 Å². The van der Waals surface area contributed by atoms with Crippen LogP contribution in [0.5, 0.6) is 0 Å². The number of hydrogen-bond acceptors (Lipinski definition) is 5. The highest BCUT2D eigenvalue weighted by Gasteiger charge is 2.36. The number of anilines is 2. The summed E-state index contributed by atoms with van der Waals surface area (Å²) in [4.78, 5) is 20.8. The van der Waals surface area contributed by atoms with Crippen LogP contribution in [0.1, 0.15) is 18.4 Å². The fourth-order valence-corrected chi connectivity index (χ4v) is 3.83. The van der Waals surface area contributed by atoms with E-state index in [0.717, 1.165) is 41.8 Å². The van der Waals surface area contributed by atoms with Crippen molar-refractivity contribution < 1.29 is 4.79 Å². The number of benzene rings is 1. The average molecular weight is 333 g/mol. The van der Waals surface area contributed by atoms with E-state index in [0.29, 0.717) is 18.9 Å². The molecule has 0 aliphatic carbocycles. The van der Waals surface area contributed by atoms with E-state index in [2.05, 4.69) is 11.2 Å². The molecule has 25 heavy (non-hydrogen) atoms. The molecule has 0 spiro atoms. The Hall–Kier alpha value is -3.07. The van der Waals surface area contributed by atoms with Crippen molar-refractivity contribution in [2.45, 2.75) is 25.3 Å². The number of likely N-dealkylation sites (tertiary alicyclic amines) is 1. The Labute approximate surface area is 146 Å². The van der Waals surface area contributed by atoms with Crippen LogP contribution in [0.15, 0.2) is 36.4 Å². The number of nitrogen functional groups attached to an aromatic ring is 1. The summed E-state index contributed by atoms with van der Waals surface area (Å²) in [5, 5.41) is 9.23. The lowest BCUT2D eigenvalue weighted by molar-refractivity contribution is -0.121. The predicted molar refractivity (Wildman–Crippen MR) is 95.5 cm³/mol. The molecule has 2 N–H and O–H groups in total. The molecular weight excluding hydrogens is 314 g/mol. The highest BCUT2D eigenvalue weighted by atomic mass is 16.2. The number of nitrogens with two attached hydrogens (primary N) is 1. The molecule has 0 bridgehead atoms. The lowest BCUT2D eigenvalue weighted by atomic mass is 10.0. The quantitative estimate of drug-likeness (QED) is 0.851. The molecule has 2 aliphatic rings. The van der Waals surface area contributed by atoms with Gasteiger partial charge in [-0.1, -0.05) is 18.2 Å². The first-order chi connectivity index (χ1) is 12.2. The fraction of sp³-hybridized carbons (Fsp3) is 0.316. The minimum absolute atomic E-state index is 0.0236. The molecule has 1 unspecified atom stereocenters. The number of carbonyl (C=O) groups excluding carboxylic acids is 1. The summed E-state index contributed by atoms with van der Waals surface area (Å²) < 4.78 is 0. The minimum atomic E-state index is -0.329. The summed E-state index contributed by atoms with van der Waals surface area (Å²) in [5.41, 5.74) is 9.71. The van der Waals surface area contributed by atoms with Gasteiger partial charge in [0.25, 0.3) is 0 Å². The zero-order valence-corrected chi connectivity index (χ0v) is 13.9. The zero-order chi connectivity index (χ0) is 17.4. The zero-order valence-electron chi connectivity index (χ0n) is 13.9. The summed E-state index contributed by atoms with van der Waals surface area (Å²) in [6, 6.07) is 11.2. The van der Waals surface area contributed by atoms with Crippen LogP contribution in [-0.2, 0) is 11.2 Å². The van der Waals surface area contributed by atoms with Gasteiger partial charge >= 0.3 is 0 Å². The van der Waals surface area contributed by atoms with Crippen LogP contribution in [0, 0.1) is 11.5 Å². The number of fused-ring (bicyclic) bond motifs is 1. The van der Waals surface area contributed by atoms with E-state index in [1.54, 1.807) is 11.0 Å². The topological polar surface area (TPSA) is 86.2 Å². The van der Waals surface area contributed by atoms with Crippen LogP contribution in [0.2, 0.25) is 0 Å². The monoisotopic (exact) mass is 333 g/mol. The molecule has 1 amide bonds. The predicted octanol–water partition coefficient (Wildman–Crippen LogP) is 2.17. The number of aromatic nitrogens is 1. The molecule has 2 aromatic rings. The maximum Gasteiger partial charge on any atom is 0.250 e. The second-order valence-electron chi connectivity index (χ2n) is 6.44. The Kier molecular flexibility index (Phi) is 3.77. The number of nitriles is 1. The second kappa shape index (κ2) is 6.10. The van der Waals surface area contributed by atoms with Gasteiger partial charge in [-0.3, -0.25) is 9.69 Å². The third kappa shape index (κ3) is 2.58. The minimum Gasteiger partial charge on any atom is -0.384 e. The molecular formula is C19H19N5O. The molecule has 1 atom stereocenters. The maximum absolute atomic E-state index is 13.0. The van der Waals surface area contributed by atoms with E-state index in [4.69, 9.17) is 5.73 Å². The van der Waals surface area contributed by atoms with Crippen LogP contribution in [0.25, 0.3) is 11.3 Å². The average Bonchev–Trinajstić information content (AvgIpc) is 3.27. The van der Waals surface area contributed by atoms with Gasteiger partial charge in [0, 0.05) is 24.3 Å². The lowest BCUT2D eigenvalue weighted by Crippen LogP contribution is -2.43. The normalized spacial score (nSPS) is 18.9. The summed E-state index contributed by atoms with van der Waals surface area (Å²) in [5.74, 6) is 0.507. The van der Waals surface area contributed by atoms with Gasteiger partial charge in [-0.15, -0.1) is 0 Å². The van der Waals surface area contributed by atoms with Gasteiger partial charge < -0.3 is 10.6 Å². The first-order valence-corrected chi connectivity index (χ1v) is 8.51. The van der Waals surface area contributed by atoms with Gasteiger partial charge in [0.2, 0.25) is 5.91 Å². The Morgan fingerprint density at radius 3 is 2.88 bits per heavy atom. The fourth-order valence-electron chi connectivity index (χ4n) is 3.83. The Morgan fingerprint density at radius 2 is 2.08 bits per heavy atom. The van der Waals surface area contributed by atoms with Gasteiger partial charge in [0.05, 0.1) is 5.69 Å². The molecule has 3 heterocycles. The second-order valence-corrected chi connectivity index (χ2v) is 6.44. The summed E-state index contributed by atoms with van der Waals surface area (Å²) >= 11 is 0. The number of hydrogen-bond donors (Lipinski definition) is 1. The van der Waals surface area contributed by atoms with E-state index in [1.165, 1.54) is 0 Å². The molecule has 0 radical (unpaired) electrons. The number of nitrogens with zero attached hydrogens (tertiary/aromatic N) is 4. The first kappa shape index (κ1) is 15.5. The molecule has 6 nitrogen and oxygen atoms in total. The van der Waals surface area contributed by atoms with Crippen molar-refractivity contribution >= 4 is 17.4 Å². The Bertz CT molecular complexity index is 872. The van der Waals surface area contributed by atoms with Crippen LogP contribution in [0.4, 0.5) is 11.5 Å². The van der Waals surface area contributed by atoms with Crippen molar-refractivity contribution in [2.75, 3.05) is 23.7 Å². The van der Waals surface area contributed by atoms with Crippen molar-refractivity contribution in [3.63, 3.8) is 0 Å². The van der Waals surface area contributed by atoms with Crippen molar-refractivity contribution in [3.8, 4) is 17.5 Å². The smallest absolute Gasteiger partial charge is 0.250 e. The van der Waals surface area contributed by atoms with Crippen molar-refractivity contribution in [1.82, 2.24) is 9.88 Å². The molecule has 1 saturated heterocycles. The molecule has 2 aliphatic heterocycles. The molecule has 1 aromatic carbocycles. The number of amides is 1. The molecule has 0 saturated carbocycles. The maximum atomic E-state index is 13.0. The number of carbonyl (C=O) groups is 1. The highest BCUT2D eigenvalue weighted by molar-refractivity contribution is 6.00. The van der Waals surface area contributed by atoms with Gasteiger partial charge in [0.15, 0.2) is 6.19 Å². The molecule has 126 valence electrons. The van der Waals surface area contributed by atoms with Crippen LogP contribution in [-0.4, -0.2) is 34.9 Å². The third-order valence-electron chi connectivity index (χ3n) is 5.01. The van der Waals surface area contributed by atoms with Crippen molar-refractivity contribution in [2.24, 2.45) is 0 Å². The first-order valence-electron chi connectivity index (χ1n) is 8.51. The van der Waals surface area contributed by atoms with Gasteiger partial charge in [-0.2, -0.15) is 5.26 Å². The van der Waals surface area contributed by atoms with E-state index in [-0.39, 0.29) is 11.9 Å². The Morgan fingerprint density at radius 1 is 1.24 bits per heavy atom. The van der Waals surface area contributed by atoms with E-state index in [1.807, 2.05) is 35.2 Å². The van der Waals surface area contributed by atoms with Gasteiger partial charge in [-0.05, 0) is 43.0 Å². The van der Waals surface area contributed by atoms with Crippen molar-refractivity contribution in [3.05, 3.63) is 42.0 Å². The lowest BCUT2D eigenvalue weighted by Gasteiger charge is -2.25. The number of pyridine rings is 1.